The molecule has 1 heterocycles. The molecule has 0 saturated carbocycles. The van der Waals surface area contributed by atoms with Crippen molar-refractivity contribution >= 4 is 47.4 Å². The van der Waals surface area contributed by atoms with Crippen LogP contribution in [0.15, 0.2) is 9.81 Å². The van der Waals surface area contributed by atoms with E-state index in [9.17, 15) is 19.2 Å². The lowest BCUT2D eigenvalue weighted by atomic mass is 10.3. The van der Waals surface area contributed by atoms with Crippen LogP contribution in [0, 0.1) is 0 Å². The molecule has 0 radical (unpaired) electrons. The van der Waals surface area contributed by atoms with Crippen molar-refractivity contribution in [1.82, 2.24) is 0 Å². The maximum atomic E-state index is 12.4. The first kappa shape index (κ1) is 22.4. The third kappa shape index (κ3) is 6.91. The second-order valence-corrected chi connectivity index (χ2v) is 8.24. The zero-order valence-corrected chi connectivity index (χ0v) is 17.0. The minimum absolute atomic E-state index is 0.207. The molecule has 2 atom stereocenters. The highest BCUT2D eigenvalue weighted by Crippen LogP contribution is 2.50. The van der Waals surface area contributed by atoms with Crippen LogP contribution in [-0.2, 0) is 38.1 Å². The van der Waals surface area contributed by atoms with Crippen LogP contribution in [0.2, 0.25) is 0 Å². The Hall–Kier alpha value is -1.68. The van der Waals surface area contributed by atoms with E-state index in [1.165, 1.54) is 13.8 Å². The summed E-state index contributed by atoms with van der Waals surface area (Å²) >= 11 is 1.86. The minimum atomic E-state index is -0.898. The predicted molar refractivity (Wildman–Crippen MR) is 95.8 cm³/mol. The minimum Gasteiger partial charge on any atom is -0.459 e. The molecule has 1 saturated heterocycles. The van der Waals surface area contributed by atoms with Gasteiger partial charge in [0.2, 0.25) is 0 Å². The van der Waals surface area contributed by atoms with Crippen LogP contribution in [0.25, 0.3) is 0 Å². The second-order valence-electron chi connectivity index (χ2n) is 5.76. The fraction of sp³-hybridized carbons (Fsp3) is 0.625. The van der Waals surface area contributed by atoms with Crippen LogP contribution >= 0.6 is 23.5 Å². The molecule has 26 heavy (non-hydrogen) atoms. The summed E-state index contributed by atoms with van der Waals surface area (Å²) in [6.45, 7) is 8.99. The summed E-state index contributed by atoms with van der Waals surface area (Å²) < 4.78 is 20.7. The molecule has 2 unspecified atom stereocenters. The van der Waals surface area contributed by atoms with Crippen LogP contribution in [0.3, 0.4) is 0 Å². The Bertz CT molecular complexity index is 561. The van der Waals surface area contributed by atoms with Gasteiger partial charge < -0.3 is 18.9 Å². The summed E-state index contributed by atoms with van der Waals surface area (Å²) in [6.07, 6.45) is -0.898. The summed E-state index contributed by atoms with van der Waals surface area (Å²) in [6, 6.07) is 0. The standard InChI is InChI=1S/C16H22O8S2/c1-7(2)21-12(19)11(13(20)22-8(3)4)16-25-14(23-9(5)17)15(26-16)24-10(6)18/h7-8,14-15H,1-6H3. The highest BCUT2D eigenvalue weighted by atomic mass is 32.2. The maximum Gasteiger partial charge on any atom is 0.347 e. The summed E-state index contributed by atoms with van der Waals surface area (Å²) in [5.74, 6) is -2.88. The SMILES string of the molecule is CC(=O)OC1SC(=C(C(=O)OC(C)C)C(=O)OC(C)C)SC1OC(C)=O. The van der Waals surface area contributed by atoms with E-state index >= 15 is 0 Å². The van der Waals surface area contributed by atoms with Crippen molar-refractivity contribution in [1.29, 1.82) is 0 Å². The smallest absolute Gasteiger partial charge is 0.347 e. The van der Waals surface area contributed by atoms with E-state index in [0.29, 0.717) is 0 Å². The van der Waals surface area contributed by atoms with Gasteiger partial charge >= 0.3 is 23.9 Å². The molecule has 0 amide bonds. The summed E-state index contributed by atoms with van der Waals surface area (Å²) in [5.41, 5.74) is -2.11. The number of carbonyl (C=O) groups is 4. The highest BCUT2D eigenvalue weighted by molar-refractivity contribution is 8.25. The third-order valence-electron chi connectivity index (χ3n) is 2.53. The topological polar surface area (TPSA) is 105 Å². The molecule has 0 spiro atoms. The number of carbonyl (C=O) groups excluding carboxylic acids is 4. The zero-order valence-electron chi connectivity index (χ0n) is 15.4. The van der Waals surface area contributed by atoms with Crippen LogP contribution < -0.4 is 0 Å². The highest BCUT2D eigenvalue weighted by Gasteiger charge is 2.42. The van der Waals surface area contributed by atoms with Gasteiger partial charge in [0, 0.05) is 13.8 Å². The molecule has 0 aromatic heterocycles. The molecule has 0 N–H and O–H groups in total. The number of rotatable bonds is 6. The van der Waals surface area contributed by atoms with Gasteiger partial charge in [-0.05, 0) is 27.7 Å². The number of hydrogen-bond donors (Lipinski definition) is 0. The zero-order chi connectivity index (χ0) is 20.0. The average Bonchev–Trinajstić information content (AvgIpc) is 2.77. The molecule has 0 aromatic rings. The fourth-order valence-corrected chi connectivity index (χ4v) is 4.57. The van der Waals surface area contributed by atoms with Gasteiger partial charge in [-0.15, -0.1) is 0 Å². The quantitative estimate of drug-likeness (QED) is 0.214. The van der Waals surface area contributed by atoms with Gasteiger partial charge in [0.15, 0.2) is 16.4 Å². The molecule has 0 aliphatic carbocycles. The van der Waals surface area contributed by atoms with Crippen molar-refractivity contribution in [2.75, 3.05) is 0 Å². The van der Waals surface area contributed by atoms with Crippen molar-refractivity contribution < 1.29 is 38.1 Å². The molecular weight excluding hydrogens is 384 g/mol. The molecule has 0 bridgehead atoms. The maximum absolute atomic E-state index is 12.4. The summed E-state index contributed by atoms with van der Waals surface area (Å²) in [5, 5.41) is 0. The first-order valence-electron chi connectivity index (χ1n) is 7.85. The Balaban J connectivity index is 3.23. The Morgan fingerprint density at radius 2 is 1.12 bits per heavy atom. The molecule has 1 aliphatic heterocycles. The lowest BCUT2D eigenvalue weighted by Crippen LogP contribution is -2.25. The first-order valence-corrected chi connectivity index (χ1v) is 9.61. The lowest BCUT2D eigenvalue weighted by Gasteiger charge is -2.16. The normalized spacial score (nSPS) is 19.3. The van der Waals surface area contributed by atoms with Gasteiger partial charge in [-0.1, -0.05) is 23.5 Å². The Morgan fingerprint density at radius 1 is 0.769 bits per heavy atom. The lowest BCUT2D eigenvalue weighted by molar-refractivity contribution is -0.153. The van der Waals surface area contributed by atoms with Crippen molar-refractivity contribution in [3.63, 3.8) is 0 Å². The number of hydrogen-bond acceptors (Lipinski definition) is 10. The van der Waals surface area contributed by atoms with E-state index in [4.69, 9.17) is 18.9 Å². The first-order chi connectivity index (χ1) is 12.0. The van der Waals surface area contributed by atoms with Gasteiger partial charge in [-0.2, -0.15) is 0 Å². The van der Waals surface area contributed by atoms with E-state index in [0.717, 1.165) is 23.5 Å². The summed E-state index contributed by atoms with van der Waals surface area (Å²) in [7, 11) is 0. The molecule has 10 heteroatoms. The number of ether oxygens (including phenoxy) is 4. The molecule has 1 fully saturated rings. The van der Waals surface area contributed by atoms with Crippen LogP contribution in [0.4, 0.5) is 0 Å². The van der Waals surface area contributed by atoms with Gasteiger partial charge in [-0.3, -0.25) is 9.59 Å². The second kappa shape index (κ2) is 9.86. The van der Waals surface area contributed by atoms with Crippen LogP contribution in [0.5, 0.6) is 0 Å². The van der Waals surface area contributed by atoms with E-state index < -0.39 is 47.0 Å². The van der Waals surface area contributed by atoms with Crippen molar-refractivity contribution in [3.05, 3.63) is 9.81 Å². The Kier molecular flexibility index (Phi) is 8.48. The van der Waals surface area contributed by atoms with Gasteiger partial charge in [0.05, 0.1) is 16.4 Å². The van der Waals surface area contributed by atoms with E-state index in [1.807, 2.05) is 0 Å². The van der Waals surface area contributed by atoms with E-state index in [-0.39, 0.29) is 9.81 Å². The molecule has 1 rings (SSSR count). The third-order valence-corrected chi connectivity index (χ3v) is 5.27. The number of thioether (sulfide) groups is 2. The van der Waals surface area contributed by atoms with E-state index in [1.54, 1.807) is 27.7 Å². The largest absolute Gasteiger partial charge is 0.459 e. The Morgan fingerprint density at radius 3 is 1.38 bits per heavy atom. The molecule has 146 valence electrons. The van der Waals surface area contributed by atoms with Crippen molar-refractivity contribution in [2.24, 2.45) is 0 Å². The molecule has 0 aromatic carbocycles. The molecular formula is C16H22O8S2. The fourth-order valence-electron chi connectivity index (χ4n) is 1.75. The monoisotopic (exact) mass is 406 g/mol. The molecule has 8 nitrogen and oxygen atoms in total. The average molecular weight is 406 g/mol. The van der Waals surface area contributed by atoms with Crippen molar-refractivity contribution in [3.8, 4) is 0 Å². The van der Waals surface area contributed by atoms with Gasteiger partial charge in [-0.25, -0.2) is 9.59 Å². The van der Waals surface area contributed by atoms with Crippen LogP contribution in [0.1, 0.15) is 41.5 Å². The van der Waals surface area contributed by atoms with Crippen LogP contribution in [-0.4, -0.2) is 47.0 Å². The van der Waals surface area contributed by atoms with E-state index in [2.05, 4.69) is 0 Å². The Labute approximate surface area is 160 Å². The predicted octanol–water partition coefficient (Wildman–Crippen LogP) is 2.36. The molecule has 1 aliphatic rings. The number of esters is 4. The van der Waals surface area contributed by atoms with Gasteiger partial charge in [0.1, 0.15) is 0 Å². The van der Waals surface area contributed by atoms with Crippen molar-refractivity contribution in [2.45, 2.75) is 64.6 Å². The van der Waals surface area contributed by atoms with Gasteiger partial charge in [0.25, 0.3) is 0 Å². The summed E-state index contributed by atoms with van der Waals surface area (Å²) in [4.78, 5) is 47.4.